The third-order valence-electron chi connectivity index (χ3n) is 2.69. The van der Waals surface area contributed by atoms with Crippen molar-refractivity contribution in [3.8, 4) is 5.75 Å². The molecule has 2 amide bonds. The molecule has 0 aromatic heterocycles. The Morgan fingerprint density at radius 3 is 2.61 bits per heavy atom. The fraction of sp³-hybridized carbons (Fsp3) is 0.143. The van der Waals surface area contributed by atoms with E-state index in [1.165, 1.54) is 12.1 Å². The maximum absolute atomic E-state index is 12.0. The van der Waals surface area contributed by atoms with E-state index in [0.717, 1.165) is 0 Å². The zero-order valence-corrected chi connectivity index (χ0v) is 12.4. The van der Waals surface area contributed by atoms with E-state index in [-0.39, 0.29) is 4.91 Å². The lowest BCUT2D eigenvalue weighted by molar-refractivity contribution is -0.140. The van der Waals surface area contributed by atoms with Crippen LogP contribution >= 0.6 is 11.8 Å². The first-order valence-corrected chi connectivity index (χ1v) is 7.10. The smallest absolute Gasteiger partial charge is 0.341 e. The van der Waals surface area contributed by atoms with E-state index in [0.29, 0.717) is 28.0 Å². The van der Waals surface area contributed by atoms with E-state index in [4.69, 9.17) is 14.9 Å². The molecule has 23 heavy (non-hydrogen) atoms. The topological polar surface area (TPSA) is 121 Å². The summed E-state index contributed by atoms with van der Waals surface area (Å²) in [5.74, 6) is -2.78. The standard InChI is InChI=1S/C14H11NO7S/c16-11(17)6-15-13(20)10(23-14(15)21)5-8-2-1-3-9(4-8)22-7-12(18)19/h1-5H,6-7H2,(H,16,17)(H,18,19)/b10-5-. The molecule has 2 N–H and O–H groups in total. The minimum Gasteiger partial charge on any atom is -0.482 e. The summed E-state index contributed by atoms with van der Waals surface area (Å²) in [6, 6.07) is 6.30. The van der Waals surface area contributed by atoms with Gasteiger partial charge in [0.1, 0.15) is 12.3 Å². The molecule has 1 fully saturated rings. The van der Waals surface area contributed by atoms with Gasteiger partial charge in [-0.3, -0.25) is 19.3 Å². The van der Waals surface area contributed by atoms with Crippen LogP contribution in [0.1, 0.15) is 5.56 Å². The van der Waals surface area contributed by atoms with E-state index in [2.05, 4.69) is 0 Å². The van der Waals surface area contributed by atoms with Crippen molar-refractivity contribution in [2.24, 2.45) is 0 Å². The van der Waals surface area contributed by atoms with E-state index < -0.39 is 36.2 Å². The van der Waals surface area contributed by atoms with Gasteiger partial charge < -0.3 is 14.9 Å². The Labute approximate surface area is 134 Å². The summed E-state index contributed by atoms with van der Waals surface area (Å²) in [5, 5.41) is 16.6. The Morgan fingerprint density at radius 2 is 1.96 bits per heavy atom. The van der Waals surface area contributed by atoms with Crippen LogP contribution in [-0.4, -0.2) is 51.3 Å². The number of thioether (sulfide) groups is 1. The number of imide groups is 1. The minimum absolute atomic E-state index is 0.0895. The minimum atomic E-state index is -1.28. The predicted octanol–water partition coefficient (Wildman–Crippen LogP) is 1.27. The van der Waals surface area contributed by atoms with Crippen molar-refractivity contribution in [3.05, 3.63) is 34.7 Å². The molecule has 0 saturated carbocycles. The average Bonchev–Trinajstić information content (AvgIpc) is 2.73. The fourth-order valence-electron chi connectivity index (χ4n) is 1.76. The Morgan fingerprint density at radius 1 is 1.22 bits per heavy atom. The van der Waals surface area contributed by atoms with Crippen molar-refractivity contribution in [2.45, 2.75) is 0 Å². The van der Waals surface area contributed by atoms with Gasteiger partial charge >= 0.3 is 11.9 Å². The SMILES string of the molecule is O=C(O)COc1cccc(/C=C2\SC(=O)N(CC(=O)O)C2=O)c1. The molecule has 0 spiro atoms. The van der Waals surface area contributed by atoms with Gasteiger partial charge in [0.05, 0.1) is 4.91 Å². The second-order valence-corrected chi connectivity index (χ2v) is 5.41. The van der Waals surface area contributed by atoms with Crippen molar-refractivity contribution in [2.75, 3.05) is 13.2 Å². The van der Waals surface area contributed by atoms with Crippen LogP contribution < -0.4 is 4.74 Å². The third-order valence-corrected chi connectivity index (χ3v) is 3.59. The molecule has 8 nitrogen and oxygen atoms in total. The largest absolute Gasteiger partial charge is 0.482 e. The van der Waals surface area contributed by atoms with Gasteiger partial charge in [0, 0.05) is 0 Å². The van der Waals surface area contributed by atoms with Crippen molar-refractivity contribution in [1.82, 2.24) is 4.90 Å². The van der Waals surface area contributed by atoms with E-state index >= 15 is 0 Å². The van der Waals surface area contributed by atoms with Gasteiger partial charge in [-0.2, -0.15) is 0 Å². The third kappa shape index (κ3) is 4.33. The van der Waals surface area contributed by atoms with Gasteiger partial charge in [0.2, 0.25) is 0 Å². The number of ether oxygens (including phenoxy) is 1. The van der Waals surface area contributed by atoms with Crippen LogP contribution in [0.25, 0.3) is 6.08 Å². The molecular formula is C14H11NO7S. The molecule has 1 heterocycles. The molecule has 1 aliphatic rings. The number of hydrogen-bond acceptors (Lipinski definition) is 6. The zero-order chi connectivity index (χ0) is 17.0. The highest BCUT2D eigenvalue weighted by Crippen LogP contribution is 2.32. The molecule has 0 unspecified atom stereocenters. The van der Waals surface area contributed by atoms with Gasteiger partial charge in [0.25, 0.3) is 11.1 Å². The lowest BCUT2D eigenvalue weighted by Crippen LogP contribution is -2.33. The van der Waals surface area contributed by atoms with Gasteiger partial charge in [0.15, 0.2) is 6.61 Å². The Bertz CT molecular complexity index is 713. The summed E-state index contributed by atoms with van der Waals surface area (Å²) in [6.45, 7) is -1.19. The molecule has 120 valence electrons. The fourth-order valence-corrected chi connectivity index (χ4v) is 2.60. The van der Waals surface area contributed by atoms with Crippen LogP contribution in [0.2, 0.25) is 0 Å². The average molecular weight is 337 g/mol. The monoisotopic (exact) mass is 337 g/mol. The highest BCUT2D eigenvalue weighted by molar-refractivity contribution is 8.18. The number of carboxylic acid groups (broad SMARTS) is 2. The number of carbonyl (C=O) groups excluding carboxylic acids is 2. The molecule has 9 heteroatoms. The van der Waals surface area contributed by atoms with Crippen molar-refractivity contribution in [1.29, 1.82) is 0 Å². The number of nitrogens with zero attached hydrogens (tertiary/aromatic N) is 1. The lowest BCUT2D eigenvalue weighted by atomic mass is 10.2. The molecule has 0 aliphatic carbocycles. The first-order chi connectivity index (χ1) is 10.9. The van der Waals surface area contributed by atoms with Gasteiger partial charge in [-0.15, -0.1) is 0 Å². The number of hydrogen-bond donors (Lipinski definition) is 2. The van der Waals surface area contributed by atoms with Crippen molar-refractivity contribution in [3.63, 3.8) is 0 Å². The summed E-state index contributed by atoms with van der Waals surface area (Å²) < 4.78 is 5.02. The van der Waals surface area contributed by atoms with Crippen LogP contribution in [0.3, 0.4) is 0 Å². The van der Waals surface area contributed by atoms with Crippen molar-refractivity contribution < 1.29 is 34.1 Å². The normalized spacial score (nSPS) is 16.0. The van der Waals surface area contributed by atoms with Crippen LogP contribution in [0.15, 0.2) is 29.2 Å². The summed E-state index contributed by atoms with van der Waals surface area (Å²) in [6.07, 6.45) is 1.42. The quantitative estimate of drug-likeness (QED) is 0.744. The van der Waals surface area contributed by atoms with Gasteiger partial charge in [-0.1, -0.05) is 12.1 Å². The Balaban J connectivity index is 2.17. The number of amides is 2. The molecule has 2 rings (SSSR count). The van der Waals surface area contributed by atoms with Gasteiger partial charge in [-0.25, -0.2) is 4.79 Å². The molecule has 1 aromatic rings. The van der Waals surface area contributed by atoms with E-state index in [9.17, 15) is 19.2 Å². The molecular weight excluding hydrogens is 326 g/mol. The highest BCUT2D eigenvalue weighted by atomic mass is 32.2. The number of aliphatic carboxylic acids is 2. The number of carbonyl (C=O) groups is 4. The summed E-state index contributed by atoms with van der Waals surface area (Å²) in [5.41, 5.74) is 0.522. The van der Waals surface area contributed by atoms with Crippen LogP contribution in [0, 0.1) is 0 Å². The number of benzene rings is 1. The number of carboxylic acids is 2. The molecule has 0 bridgehead atoms. The predicted molar refractivity (Wildman–Crippen MR) is 79.9 cm³/mol. The number of rotatable bonds is 6. The Kier molecular flexibility index (Phi) is 5.02. The highest BCUT2D eigenvalue weighted by Gasteiger charge is 2.36. The molecule has 1 aromatic carbocycles. The maximum atomic E-state index is 12.0. The summed E-state index contributed by atoms with van der Waals surface area (Å²) in [7, 11) is 0. The zero-order valence-electron chi connectivity index (χ0n) is 11.6. The first kappa shape index (κ1) is 16.6. The Hall–Kier alpha value is -2.81. The second kappa shape index (κ2) is 6.97. The summed E-state index contributed by atoms with van der Waals surface area (Å²) >= 11 is 0.643. The molecule has 0 radical (unpaired) electrons. The van der Waals surface area contributed by atoms with Crippen LogP contribution in [0.5, 0.6) is 5.75 Å². The van der Waals surface area contributed by atoms with E-state index in [1.54, 1.807) is 18.2 Å². The van der Waals surface area contributed by atoms with Gasteiger partial charge in [-0.05, 0) is 35.5 Å². The van der Waals surface area contributed by atoms with Crippen molar-refractivity contribution >= 4 is 40.9 Å². The first-order valence-electron chi connectivity index (χ1n) is 6.28. The van der Waals surface area contributed by atoms with E-state index in [1.807, 2.05) is 0 Å². The second-order valence-electron chi connectivity index (χ2n) is 4.42. The lowest BCUT2D eigenvalue weighted by Gasteiger charge is -2.07. The molecule has 1 saturated heterocycles. The maximum Gasteiger partial charge on any atom is 0.341 e. The molecule has 1 aliphatic heterocycles. The summed E-state index contributed by atoms with van der Waals surface area (Å²) in [4.78, 5) is 45.5. The van der Waals surface area contributed by atoms with Crippen LogP contribution in [0.4, 0.5) is 4.79 Å². The van der Waals surface area contributed by atoms with Crippen LogP contribution in [-0.2, 0) is 14.4 Å². The molecule has 0 atom stereocenters.